The van der Waals surface area contributed by atoms with Gasteiger partial charge in [0.1, 0.15) is 0 Å². The van der Waals surface area contributed by atoms with E-state index >= 15 is 0 Å². The van der Waals surface area contributed by atoms with E-state index in [4.69, 9.17) is 4.74 Å². The third kappa shape index (κ3) is 5.04. The molecule has 0 spiro atoms. The zero-order chi connectivity index (χ0) is 18.4. The van der Waals surface area contributed by atoms with E-state index in [0.717, 1.165) is 21.1 Å². The summed E-state index contributed by atoms with van der Waals surface area (Å²) in [4.78, 5) is 16.5. The van der Waals surface area contributed by atoms with E-state index in [0.29, 0.717) is 11.6 Å². The smallest absolute Gasteiger partial charge is 0.363 e. The number of unbranched alkanes of at least 4 members (excludes halogenated alkanes) is 3. The molecule has 134 valence electrons. The molecule has 0 bridgehead atoms. The highest BCUT2D eigenvalue weighted by molar-refractivity contribution is 14.1. The molecule has 4 heteroatoms. The summed E-state index contributed by atoms with van der Waals surface area (Å²) in [5.41, 5.74) is 3.42. The summed E-state index contributed by atoms with van der Waals surface area (Å²) in [6.45, 7) is 2.22. The molecular weight excluding hydrogens is 437 g/mol. The number of ether oxygens (including phenoxy) is 1. The topological polar surface area (TPSA) is 38.7 Å². The Bertz CT molecular complexity index is 837. The fraction of sp³-hybridized carbons (Fsp3) is 0.273. The van der Waals surface area contributed by atoms with Crippen LogP contribution in [0.2, 0.25) is 0 Å². The van der Waals surface area contributed by atoms with Crippen molar-refractivity contribution in [2.24, 2.45) is 4.99 Å². The minimum atomic E-state index is -0.400. The van der Waals surface area contributed by atoms with Crippen molar-refractivity contribution in [2.45, 2.75) is 39.0 Å². The van der Waals surface area contributed by atoms with Crippen LogP contribution in [0.3, 0.4) is 0 Å². The predicted molar refractivity (Wildman–Crippen MR) is 114 cm³/mol. The number of esters is 1. The summed E-state index contributed by atoms with van der Waals surface area (Å²) in [6, 6.07) is 16.1. The first-order valence-electron chi connectivity index (χ1n) is 9.03. The van der Waals surface area contributed by atoms with Gasteiger partial charge in [0.05, 0.1) is 0 Å². The maximum Gasteiger partial charge on any atom is 0.363 e. The third-order valence-corrected chi connectivity index (χ3v) is 4.96. The lowest BCUT2D eigenvalue weighted by Gasteiger charge is -2.03. The number of benzene rings is 2. The fourth-order valence-corrected chi connectivity index (χ4v) is 3.42. The van der Waals surface area contributed by atoms with Crippen LogP contribution in [0.1, 0.15) is 49.3 Å². The Hall–Kier alpha value is -1.95. The van der Waals surface area contributed by atoms with Gasteiger partial charge in [-0.3, -0.25) is 0 Å². The monoisotopic (exact) mass is 459 g/mol. The molecule has 0 N–H and O–H groups in total. The molecule has 1 aliphatic heterocycles. The van der Waals surface area contributed by atoms with Crippen LogP contribution in [0.5, 0.6) is 0 Å². The molecule has 0 unspecified atom stereocenters. The number of hydrogen-bond acceptors (Lipinski definition) is 3. The van der Waals surface area contributed by atoms with Gasteiger partial charge in [0.25, 0.3) is 0 Å². The van der Waals surface area contributed by atoms with Gasteiger partial charge in [0.2, 0.25) is 5.90 Å². The number of rotatable bonds is 7. The molecule has 3 nitrogen and oxygen atoms in total. The first-order chi connectivity index (χ1) is 12.7. The highest BCUT2D eigenvalue weighted by Gasteiger charge is 2.24. The van der Waals surface area contributed by atoms with Gasteiger partial charge in [0, 0.05) is 9.13 Å². The van der Waals surface area contributed by atoms with Crippen molar-refractivity contribution >= 4 is 40.5 Å². The molecular formula is C22H22INO2. The van der Waals surface area contributed by atoms with Crippen LogP contribution in [-0.2, 0) is 16.0 Å². The fourth-order valence-electron chi connectivity index (χ4n) is 2.86. The summed E-state index contributed by atoms with van der Waals surface area (Å²) in [6.07, 6.45) is 7.88. The van der Waals surface area contributed by atoms with E-state index in [1.807, 2.05) is 36.4 Å². The molecule has 2 aromatic rings. The van der Waals surface area contributed by atoms with Gasteiger partial charge in [-0.25, -0.2) is 9.79 Å². The number of aliphatic imine (C=N–C) groups is 1. The van der Waals surface area contributed by atoms with Gasteiger partial charge in [-0.15, -0.1) is 0 Å². The Morgan fingerprint density at radius 2 is 1.88 bits per heavy atom. The molecule has 0 fully saturated rings. The number of carbonyl (C=O) groups excluding carboxylic acids is 1. The lowest BCUT2D eigenvalue weighted by Crippen LogP contribution is -2.05. The Kier molecular flexibility index (Phi) is 6.61. The Morgan fingerprint density at radius 3 is 2.62 bits per heavy atom. The normalized spacial score (nSPS) is 15.2. The quantitative estimate of drug-likeness (QED) is 0.229. The number of halogens is 1. The summed E-state index contributed by atoms with van der Waals surface area (Å²) in [5.74, 6) is -0.0214. The molecule has 2 aromatic carbocycles. The Balaban J connectivity index is 1.70. The minimum Gasteiger partial charge on any atom is -0.402 e. The largest absolute Gasteiger partial charge is 0.402 e. The number of nitrogens with zero attached hydrogens (tertiary/aromatic N) is 1. The number of carbonyl (C=O) groups is 1. The first-order valence-corrected chi connectivity index (χ1v) is 10.1. The lowest BCUT2D eigenvalue weighted by molar-refractivity contribution is -0.129. The van der Waals surface area contributed by atoms with Gasteiger partial charge < -0.3 is 4.74 Å². The molecule has 1 aliphatic rings. The molecule has 0 radical (unpaired) electrons. The van der Waals surface area contributed by atoms with Crippen molar-refractivity contribution in [3.8, 4) is 0 Å². The Labute approximate surface area is 168 Å². The van der Waals surface area contributed by atoms with Crippen molar-refractivity contribution < 1.29 is 9.53 Å². The van der Waals surface area contributed by atoms with Crippen LogP contribution in [0.25, 0.3) is 6.08 Å². The van der Waals surface area contributed by atoms with E-state index in [1.54, 1.807) is 6.08 Å². The standard InChI is InChI=1S/C22H22INO2/c1-2-3-4-5-7-16-10-12-18(13-11-16)21-24-20(22(25)26-21)15-17-8-6-9-19(23)14-17/h6,8-15H,2-5,7H2,1H3. The van der Waals surface area contributed by atoms with E-state index in [-0.39, 0.29) is 0 Å². The highest BCUT2D eigenvalue weighted by Crippen LogP contribution is 2.20. The number of cyclic esters (lactones) is 1. The molecule has 3 rings (SSSR count). The molecule has 0 atom stereocenters. The van der Waals surface area contributed by atoms with Crippen LogP contribution >= 0.6 is 22.6 Å². The van der Waals surface area contributed by atoms with E-state index in [2.05, 4.69) is 46.6 Å². The summed E-state index contributed by atoms with van der Waals surface area (Å²) < 4.78 is 6.47. The SMILES string of the molecule is CCCCCCc1ccc(C2=NC(=Cc3cccc(I)c3)C(=O)O2)cc1. The van der Waals surface area contributed by atoms with Crippen molar-refractivity contribution in [1.29, 1.82) is 0 Å². The van der Waals surface area contributed by atoms with E-state index in [9.17, 15) is 4.79 Å². The third-order valence-electron chi connectivity index (χ3n) is 4.29. The maximum atomic E-state index is 12.1. The average Bonchev–Trinajstić information content (AvgIpc) is 3.00. The van der Waals surface area contributed by atoms with E-state index < -0.39 is 5.97 Å². The van der Waals surface area contributed by atoms with Gasteiger partial charge in [-0.05, 0) is 76.9 Å². The number of hydrogen-bond donors (Lipinski definition) is 0. The molecule has 1 heterocycles. The molecule has 0 aliphatic carbocycles. The van der Waals surface area contributed by atoms with Crippen molar-refractivity contribution in [2.75, 3.05) is 0 Å². The van der Waals surface area contributed by atoms with Crippen molar-refractivity contribution in [3.63, 3.8) is 0 Å². The summed E-state index contributed by atoms with van der Waals surface area (Å²) >= 11 is 2.25. The molecule has 0 amide bonds. The predicted octanol–water partition coefficient (Wildman–Crippen LogP) is 5.76. The average molecular weight is 459 g/mol. The second kappa shape index (κ2) is 9.12. The van der Waals surface area contributed by atoms with Gasteiger partial charge in [-0.1, -0.05) is 50.5 Å². The van der Waals surface area contributed by atoms with Gasteiger partial charge in [-0.2, -0.15) is 0 Å². The van der Waals surface area contributed by atoms with Crippen LogP contribution in [0.15, 0.2) is 59.2 Å². The Morgan fingerprint density at radius 1 is 1.08 bits per heavy atom. The number of aryl methyl sites for hydroxylation is 1. The zero-order valence-electron chi connectivity index (χ0n) is 14.9. The molecule has 26 heavy (non-hydrogen) atoms. The first kappa shape index (κ1) is 18.8. The van der Waals surface area contributed by atoms with Gasteiger partial charge in [0.15, 0.2) is 5.70 Å². The van der Waals surface area contributed by atoms with Crippen LogP contribution < -0.4 is 0 Å². The second-order valence-electron chi connectivity index (χ2n) is 6.40. The van der Waals surface area contributed by atoms with Crippen LogP contribution in [0.4, 0.5) is 0 Å². The maximum absolute atomic E-state index is 12.1. The second-order valence-corrected chi connectivity index (χ2v) is 7.64. The van der Waals surface area contributed by atoms with E-state index in [1.165, 1.54) is 31.2 Å². The van der Waals surface area contributed by atoms with Gasteiger partial charge >= 0.3 is 5.97 Å². The molecule has 0 saturated carbocycles. The lowest BCUT2D eigenvalue weighted by atomic mass is 10.0. The zero-order valence-corrected chi connectivity index (χ0v) is 17.0. The minimum absolute atomic E-state index is 0.339. The molecule has 0 saturated heterocycles. The van der Waals surface area contributed by atoms with Crippen LogP contribution in [0, 0.1) is 3.57 Å². The summed E-state index contributed by atoms with van der Waals surface area (Å²) in [5, 5.41) is 0. The van der Waals surface area contributed by atoms with Crippen molar-refractivity contribution in [3.05, 3.63) is 74.5 Å². The highest BCUT2D eigenvalue weighted by atomic mass is 127. The molecule has 0 aromatic heterocycles. The summed E-state index contributed by atoms with van der Waals surface area (Å²) in [7, 11) is 0. The van der Waals surface area contributed by atoms with Crippen molar-refractivity contribution in [1.82, 2.24) is 0 Å². The van der Waals surface area contributed by atoms with Crippen LogP contribution in [-0.4, -0.2) is 11.9 Å².